The minimum absolute atomic E-state index is 0. The summed E-state index contributed by atoms with van der Waals surface area (Å²) in [5, 5.41) is 0. The first-order valence-corrected chi connectivity index (χ1v) is 3.85. The van der Waals surface area contributed by atoms with Crippen LogP contribution in [0.4, 0.5) is 4.79 Å². The molecule has 2 amide bonds. The first-order valence-electron chi connectivity index (χ1n) is 2.86. The number of quaternary nitrogens is 1. The summed E-state index contributed by atoms with van der Waals surface area (Å²) in [6.45, 7) is 4.20. The Morgan fingerprint density at radius 1 is 1.70 bits per heavy atom. The zero-order chi connectivity index (χ0) is 7.28. The largest absolute Gasteiger partial charge is 1.00 e. The van der Waals surface area contributed by atoms with Crippen molar-refractivity contribution in [2.24, 2.45) is 5.92 Å². The van der Waals surface area contributed by atoms with Gasteiger partial charge in [0, 0.05) is 5.75 Å². The van der Waals surface area contributed by atoms with Crippen molar-refractivity contribution in [1.29, 1.82) is 0 Å². The summed E-state index contributed by atoms with van der Waals surface area (Å²) in [4.78, 5) is 10.2. The maximum atomic E-state index is 10.2. The molecule has 0 saturated carbocycles. The molecule has 0 aromatic rings. The van der Waals surface area contributed by atoms with E-state index in [9.17, 15) is 4.79 Å². The lowest BCUT2D eigenvalue weighted by atomic mass is 10.3. The number of hydrogen-bond donors (Lipinski definition) is 2. The summed E-state index contributed by atoms with van der Waals surface area (Å²) >= 11 is 1.41. The van der Waals surface area contributed by atoms with E-state index in [1.807, 2.05) is 0 Å². The van der Waals surface area contributed by atoms with E-state index in [1.165, 1.54) is 11.9 Å². The molecular formula is C5H13BrN2OS. The van der Waals surface area contributed by atoms with Crippen LogP contribution in [-0.2, 0) is 0 Å². The molecule has 0 spiro atoms. The van der Waals surface area contributed by atoms with Gasteiger partial charge in [-0.3, -0.25) is 5.73 Å². The van der Waals surface area contributed by atoms with E-state index >= 15 is 0 Å². The lowest BCUT2D eigenvalue weighted by Gasteiger charge is -2.00. The lowest BCUT2D eigenvalue weighted by Crippen LogP contribution is -3.00. The molecule has 0 aromatic carbocycles. The number of carbonyl (C=O) groups excluding carboxylic acids is 1. The van der Waals surface area contributed by atoms with E-state index in [1.54, 1.807) is 0 Å². The molecule has 0 aliphatic heterocycles. The molecule has 3 nitrogen and oxygen atoms in total. The average molecular weight is 229 g/mol. The molecule has 0 bridgehead atoms. The summed E-state index contributed by atoms with van der Waals surface area (Å²) in [5.74, 6) is 1.56. The number of rotatable bonds is 3. The maximum Gasteiger partial charge on any atom is 0.421 e. The summed E-state index contributed by atoms with van der Waals surface area (Å²) in [6, 6.07) is -0.222. The Kier molecular flexibility index (Phi) is 9.50. The molecule has 0 rings (SSSR count). The van der Waals surface area contributed by atoms with Crippen LogP contribution in [0.3, 0.4) is 0 Å². The Hall–Kier alpha value is 0.260. The van der Waals surface area contributed by atoms with E-state index in [0.29, 0.717) is 5.92 Å². The Morgan fingerprint density at radius 3 is 2.50 bits per heavy atom. The van der Waals surface area contributed by atoms with Crippen LogP contribution >= 0.6 is 11.9 Å². The van der Waals surface area contributed by atoms with Gasteiger partial charge in [0.1, 0.15) is 0 Å². The lowest BCUT2D eigenvalue weighted by molar-refractivity contribution is -0.247. The highest BCUT2D eigenvalue weighted by molar-refractivity contribution is 7.97. The predicted octanol–water partition coefficient (Wildman–Crippen LogP) is -2.75. The van der Waals surface area contributed by atoms with Gasteiger partial charge in [0.2, 0.25) is 0 Å². The quantitative estimate of drug-likeness (QED) is 0.515. The molecule has 10 heavy (non-hydrogen) atoms. The van der Waals surface area contributed by atoms with Gasteiger partial charge in [-0.25, -0.2) is 9.52 Å². The fourth-order valence-corrected chi connectivity index (χ4v) is 0.866. The van der Waals surface area contributed by atoms with Crippen molar-refractivity contribution in [3.8, 4) is 0 Å². The topological polar surface area (TPSA) is 56.7 Å². The second kappa shape index (κ2) is 7.37. The number of halogens is 1. The number of nitrogens with one attached hydrogen (secondary N) is 1. The van der Waals surface area contributed by atoms with Crippen LogP contribution in [0.15, 0.2) is 0 Å². The molecule has 0 saturated heterocycles. The molecule has 62 valence electrons. The molecule has 0 fully saturated rings. The van der Waals surface area contributed by atoms with Gasteiger partial charge in [0.15, 0.2) is 0 Å². The molecule has 0 radical (unpaired) electrons. The molecule has 0 atom stereocenters. The molecule has 4 N–H and O–H groups in total. The standard InChI is InChI=1S/C5H12N2OS.BrH/c1-4(2)3-9-7-5(6)8;/h4H,3H2,1-2H3,(H3,6,7,8);1H. The summed E-state index contributed by atoms with van der Waals surface area (Å²) < 4.78 is 2.54. The summed E-state index contributed by atoms with van der Waals surface area (Å²) in [6.07, 6.45) is 0. The van der Waals surface area contributed by atoms with Crippen LogP contribution in [0.1, 0.15) is 13.8 Å². The molecule has 5 heteroatoms. The third-order valence-electron chi connectivity index (χ3n) is 0.603. The first-order chi connectivity index (χ1) is 4.13. The van der Waals surface area contributed by atoms with Crippen LogP contribution in [0.2, 0.25) is 0 Å². The molecule has 0 aliphatic rings. The van der Waals surface area contributed by atoms with Gasteiger partial charge in [-0.15, -0.1) is 0 Å². The maximum absolute atomic E-state index is 10.2. The van der Waals surface area contributed by atoms with Crippen molar-refractivity contribution in [3.63, 3.8) is 0 Å². The molecule has 0 aliphatic carbocycles. The van der Waals surface area contributed by atoms with Crippen LogP contribution in [0.5, 0.6) is 0 Å². The minimum Gasteiger partial charge on any atom is -1.00 e. The minimum atomic E-state index is -0.222. The number of amides is 2. The van der Waals surface area contributed by atoms with Crippen molar-refractivity contribution in [2.45, 2.75) is 13.8 Å². The van der Waals surface area contributed by atoms with Crippen molar-refractivity contribution in [2.75, 3.05) is 5.75 Å². The SMILES string of the molecule is CC(C)CSNC([NH3+])=O.[Br-]. The molecule has 0 aromatic heterocycles. The zero-order valence-electron chi connectivity index (χ0n) is 6.19. The molecule has 0 heterocycles. The highest BCUT2D eigenvalue weighted by atomic mass is 79.9. The van der Waals surface area contributed by atoms with Crippen LogP contribution in [0, 0.1) is 5.92 Å². The van der Waals surface area contributed by atoms with Gasteiger partial charge in [0.05, 0.1) is 0 Å². The highest BCUT2D eigenvalue weighted by Crippen LogP contribution is 2.01. The Morgan fingerprint density at radius 2 is 2.20 bits per heavy atom. The van der Waals surface area contributed by atoms with Gasteiger partial charge < -0.3 is 17.0 Å². The Balaban J connectivity index is 0. The van der Waals surface area contributed by atoms with Gasteiger partial charge in [-0.1, -0.05) is 13.8 Å². The second-order valence-corrected chi connectivity index (χ2v) is 3.06. The van der Waals surface area contributed by atoms with Crippen LogP contribution in [-0.4, -0.2) is 11.8 Å². The predicted molar refractivity (Wildman–Crippen MR) is 38.7 cm³/mol. The monoisotopic (exact) mass is 228 g/mol. The van der Waals surface area contributed by atoms with Crippen LogP contribution < -0.4 is 27.4 Å². The van der Waals surface area contributed by atoms with Crippen molar-refractivity contribution < 1.29 is 27.5 Å². The van der Waals surface area contributed by atoms with E-state index < -0.39 is 0 Å². The fourth-order valence-electron chi connectivity index (χ4n) is 0.289. The Labute approximate surface area is 76.0 Å². The van der Waals surface area contributed by atoms with E-state index in [-0.39, 0.29) is 23.0 Å². The molecule has 0 unspecified atom stereocenters. The van der Waals surface area contributed by atoms with Crippen molar-refractivity contribution in [1.82, 2.24) is 4.72 Å². The molecular weight excluding hydrogens is 216 g/mol. The highest BCUT2D eigenvalue weighted by Gasteiger charge is 1.97. The van der Waals surface area contributed by atoms with E-state index in [4.69, 9.17) is 0 Å². The number of carbonyl (C=O) groups is 1. The van der Waals surface area contributed by atoms with Crippen LogP contribution in [0.25, 0.3) is 0 Å². The van der Waals surface area contributed by atoms with Gasteiger partial charge in [-0.05, 0) is 17.9 Å². The Bertz CT molecular complexity index is 99.6. The summed E-state index contributed by atoms with van der Waals surface area (Å²) in [5.41, 5.74) is 3.16. The summed E-state index contributed by atoms with van der Waals surface area (Å²) in [7, 11) is 0. The second-order valence-electron chi connectivity index (χ2n) is 2.23. The number of urea groups is 1. The zero-order valence-corrected chi connectivity index (χ0v) is 8.59. The first kappa shape index (κ1) is 12.9. The number of hydrogen-bond acceptors (Lipinski definition) is 2. The van der Waals surface area contributed by atoms with Gasteiger partial charge in [-0.2, -0.15) is 0 Å². The third-order valence-corrected chi connectivity index (χ3v) is 1.81. The van der Waals surface area contributed by atoms with E-state index in [0.717, 1.165) is 5.75 Å². The van der Waals surface area contributed by atoms with Crippen molar-refractivity contribution >= 4 is 18.0 Å². The smallest absolute Gasteiger partial charge is 0.421 e. The van der Waals surface area contributed by atoms with E-state index in [2.05, 4.69) is 24.3 Å². The average Bonchev–Trinajstić information content (AvgIpc) is 1.63. The fraction of sp³-hybridized carbons (Fsp3) is 0.800. The van der Waals surface area contributed by atoms with Gasteiger partial charge in [0.25, 0.3) is 0 Å². The van der Waals surface area contributed by atoms with Gasteiger partial charge >= 0.3 is 6.03 Å². The third kappa shape index (κ3) is 11.1. The normalized spacial score (nSPS) is 8.80. The van der Waals surface area contributed by atoms with Crippen molar-refractivity contribution in [3.05, 3.63) is 0 Å².